The molecule has 0 N–H and O–H groups in total. The largest absolute Gasteiger partial charge is 1.00 e. The minimum atomic E-state index is -4.84. The molecule has 0 radical (unpaired) electrons. The second-order valence-corrected chi connectivity index (χ2v) is 4.53. The van der Waals surface area contributed by atoms with Crippen LogP contribution < -0.4 is 64.2 Å². The molecule has 0 aromatic carbocycles. The van der Waals surface area contributed by atoms with Crippen LogP contribution in [0.2, 0.25) is 0 Å². The smallest absolute Gasteiger partial charge is 0.747 e. The Morgan fingerprint density at radius 2 is 1.71 bits per heavy atom. The second kappa shape index (κ2) is 7.62. The molecule has 1 atom stereocenters. The van der Waals surface area contributed by atoms with E-state index in [1.54, 1.807) is 6.92 Å². The maximum atomic E-state index is 10.5. The molecular formula is C6H10Na2O5S. The second-order valence-electron chi connectivity index (χ2n) is 2.72. The number of hydrogen-bond donors (Lipinski definition) is 0. The van der Waals surface area contributed by atoms with E-state index in [1.165, 1.54) is 0 Å². The molecule has 5 nitrogen and oxygen atoms in total. The third-order valence-corrected chi connectivity index (χ3v) is 3.18. The number of carboxylic acid groups (broad SMARTS) is 1. The van der Waals surface area contributed by atoms with Gasteiger partial charge in [-0.3, -0.25) is 0 Å². The van der Waals surface area contributed by atoms with Crippen molar-refractivity contribution >= 4 is 16.1 Å². The molecule has 14 heavy (non-hydrogen) atoms. The molecule has 0 aromatic rings. The van der Waals surface area contributed by atoms with Crippen LogP contribution in [0.5, 0.6) is 0 Å². The van der Waals surface area contributed by atoms with Crippen molar-refractivity contribution in [2.75, 3.05) is 0 Å². The molecule has 0 spiro atoms. The SMILES string of the molecule is CCCC(C)(C(=O)[O-])S(=O)(=O)[O-].[Na+].[Na+]. The van der Waals surface area contributed by atoms with Gasteiger partial charge in [0.15, 0.2) is 0 Å². The fraction of sp³-hybridized carbons (Fsp3) is 0.833. The zero-order valence-electron chi connectivity index (χ0n) is 8.86. The quantitative estimate of drug-likeness (QED) is 0.359. The van der Waals surface area contributed by atoms with Crippen LogP contribution in [0.15, 0.2) is 0 Å². The van der Waals surface area contributed by atoms with E-state index in [0.29, 0.717) is 6.42 Å². The molecule has 0 rings (SSSR count). The van der Waals surface area contributed by atoms with E-state index in [1.807, 2.05) is 0 Å². The van der Waals surface area contributed by atoms with Gasteiger partial charge in [-0.2, -0.15) is 0 Å². The van der Waals surface area contributed by atoms with E-state index in [4.69, 9.17) is 0 Å². The van der Waals surface area contributed by atoms with Crippen molar-refractivity contribution in [3.8, 4) is 0 Å². The minimum Gasteiger partial charge on any atom is -0.747 e. The average molecular weight is 240 g/mol. The number of aliphatic carboxylic acids is 1. The van der Waals surface area contributed by atoms with Crippen molar-refractivity contribution in [2.45, 2.75) is 31.4 Å². The summed E-state index contributed by atoms with van der Waals surface area (Å²) in [6.07, 6.45) is 0.0765. The zero-order valence-corrected chi connectivity index (χ0v) is 13.7. The van der Waals surface area contributed by atoms with E-state index in [9.17, 15) is 22.9 Å². The van der Waals surface area contributed by atoms with Gasteiger partial charge in [-0.15, -0.1) is 0 Å². The Balaban J connectivity index is -0.000000605. The van der Waals surface area contributed by atoms with Crippen molar-refractivity contribution in [3.63, 3.8) is 0 Å². The van der Waals surface area contributed by atoms with Crippen LogP contribution in [0.1, 0.15) is 26.7 Å². The van der Waals surface area contributed by atoms with Crippen molar-refractivity contribution in [3.05, 3.63) is 0 Å². The first kappa shape index (κ1) is 20.8. The Bertz CT molecular complexity index is 276. The summed E-state index contributed by atoms with van der Waals surface area (Å²) in [4.78, 5) is 10.4. The molecule has 0 bridgehead atoms. The maximum absolute atomic E-state index is 10.5. The fourth-order valence-corrected chi connectivity index (χ4v) is 1.46. The number of hydrogen-bond acceptors (Lipinski definition) is 5. The number of carbonyl (C=O) groups excluding carboxylic acids is 1. The van der Waals surface area contributed by atoms with Crippen LogP contribution in [-0.4, -0.2) is 23.7 Å². The van der Waals surface area contributed by atoms with Gasteiger partial charge in [-0.1, -0.05) is 13.3 Å². The van der Waals surface area contributed by atoms with Crippen molar-refractivity contribution in [2.24, 2.45) is 0 Å². The molecule has 0 saturated heterocycles. The third kappa shape index (κ3) is 4.94. The van der Waals surface area contributed by atoms with Gasteiger partial charge in [-0.25, -0.2) is 8.42 Å². The topological polar surface area (TPSA) is 97.3 Å². The van der Waals surface area contributed by atoms with Gasteiger partial charge in [0, 0.05) is 0 Å². The van der Waals surface area contributed by atoms with Gasteiger partial charge >= 0.3 is 59.1 Å². The number of carbonyl (C=O) groups is 1. The first-order chi connectivity index (χ1) is 5.25. The van der Waals surface area contributed by atoms with Gasteiger partial charge in [0.2, 0.25) is 0 Å². The summed E-state index contributed by atoms with van der Waals surface area (Å²) in [5.41, 5.74) is 0. The Hall–Kier alpha value is 1.38. The molecule has 0 aromatic heterocycles. The Morgan fingerprint density at radius 3 is 1.79 bits per heavy atom. The Morgan fingerprint density at radius 1 is 1.36 bits per heavy atom. The van der Waals surface area contributed by atoms with Gasteiger partial charge in [0.05, 0.1) is 10.7 Å². The summed E-state index contributed by atoms with van der Waals surface area (Å²) in [7, 11) is -4.84. The molecule has 0 saturated carbocycles. The van der Waals surface area contributed by atoms with Gasteiger partial charge in [-0.05, 0) is 13.3 Å². The van der Waals surface area contributed by atoms with Crippen LogP contribution in [0.4, 0.5) is 0 Å². The molecular weight excluding hydrogens is 230 g/mol. The maximum Gasteiger partial charge on any atom is 1.00 e. The number of rotatable bonds is 4. The zero-order chi connectivity index (χ0) is 9.99. The molecule has 0 heterocycles. The summed E-state index contributed by atoms with van der Waals surface area (Å²) in [6.45, 7) is 2.46. The summed E-state index contributed by atoms with van der Waals surface area (Å²) < 4.78 is 29.2. The fourth-order valence-electron chi connectivity index (χ4n) is 0.806. The van der Waals surface area contributed by atoms with Gasteiger partial charge in [0.1, 0.15) is 10.1 Å². The summed E-state index contributed by atoms with van der Waals surface area (Å²) in [5.74, 6) is -1.83. The predicted octanol–water partition coefficient (Wildman–Crippen LogP) is -7.15. The molecule has 0 aliphatic rings. The van der Waals surface area contributed by atoms with Crippen LogP contribution >= 0.6 is 0 Å². The molecule has 0 aliphatic carbocycles. The van der Waals surface area contributed by atoms with Crippen LogP contribution in [0.25, 0.3) is 0 Å². The van der Waals surface area contributed by atoms with Crippen molar-refractivity contribution in [1.82, 2.24) is 0 Å². The summed E-state index contributed by atoms with van der Waals surface area (Å²) in [6, 6.07) is 0. The molecule has 1 unspecified atom stereocenters. The van der Waals surface area contributed by atoms with Crippen molar-refractivity contribution in [1.29, 1.82) is 0 Å². The first-order valence-electron chi connectivity index (χ1n) is 3.42. The van der Waals surface area contributed by atoms with Crippen LogP contribution in [-0.2, 0) is 14.9 Å². The van der Waals surface area contributed by atoms with Gasteiger partial charge < -0.3 is 14.5 Å². The van der Waals surface area contributed by atoms with Crippen LogP contribution in [0, 0.1) is 0 Å². The average Bonchev–Trinajstić information content (AvgIpc) is 1.85. The summed E-state index contributed by atoms with van der Waals surface area (Å²) in [5, 5.41) is 10.4. The standard InChI is InChI=1S/C6H12O5S.2Na/c1-3-4-6(2,5(7)8)12(9,10)11;;/h3-4H2,1-2H3,(H,7,8)(H,9,10,11);;/q;2*+1/p-2. The van der Waals surface area contributed by atoms with Crippen molar-refractivity contribution < 1.29 is 82.0 Å². The number of carboxylic acids is 1. The Labute approximate surface area is 128 Å². The van der Waals surface area contributed by atoms with Gasteiger partial charge in [0.25, 0.3) is 0 Å². The van der Waals surface area contributed by atoms with E-state index < -0.39 is 20.8 Å². The molecule has 0 aliphatic heterocycles. The minimum absolute atomic E-state index is 0. The monoisotopic (exact) mass is 240 g/mol. The third-order valence-electron chi connectivity index (χ3n) is 1.71. The van der Waals surface area contributed by atoms with Crippen LogP contribution in [0.3, 0.4) is 0 Å². The molecule has 72 valence electrons. The Kier molecular flexibility index (Phi) is 11.3. The first-order valence-corrected chi connectivity index (χ1v) is 4.83. The van der Waals surface area contributed by atoms with E-state index in [0.717, 1.165) is 6.92 Å². The van der Waals surface area contributed by atoms with E-state index >= 15 is 0 Å². The predicted molar refractivity (Wildman–Crippen MR) is 38.0 cm³/mol. The molecule has 8 heteroatoms. The van der Waals surface area contributed by atoms with E-state index in [-0.39, 0.29) is 65.5 Å². The molecule has 0 amide bonds. The van der Waals surface area contributed by atoms with E-state index in [2.05, 4.69) is 0 Å². The normalized spacial score (nSPS) is 14.5. The summed E-state index contributed by atoms with van der Waals surface area (Å²) >= 11 is 0. The molecule has 0 fully saturated rings.